The van der Waals surface area contributed by atoms with Crippen LogP contribution in [0.2, 0.25) is 0 Å². The van der Waals surface area contributed by atoms with Crippen LogP contribution < -0.4 is 0 Å². The lowest BCUT2D eigenvalue weighted by Gasteiger charge is -2.57. The second-order valence-electron chi connectivity index (χ2n) is 8.12. The first-order chi connectivity index (χ1) is 15.1. The lowest BCUT2D eigenvalue weighted by atomic mass is 9.60. The van der Waals surface area contributed by atoms with Gasteiger partial charge in [-0.3, -0.25) is 9.59 Å². The van der Waals surface area contributed by atoms with E-state index in [1.807, 2.05) is 67.6 Å². The van der Waals surface area contributed by atoms with E-state index in [2.05, 4.69) is 0 Å². The minimum absolute atomic E-state index is 0.114. The third kappa shape index (κ3) is 3.44. The van der Waals surface area contributed by atoms with Crippen LogP contribution in [-0.2, 0) is 19.1 Å². The van der Waals surface area contributed by atoms with E-state index in [0.29, 0.717) is 13.0 Å². The van der Waals surface area contributed by atoms with Crippen LogP contribution in [0.4, 0.5) is 0 Å². The van der Waals surface area contributed by atoms with Crippen molar-refractivity contribution in [2.45, 2.75) is 51.0 Å². The highest BCUT2D eigenvalue weighted by Gasteiger charge is 2.73. The fourth-order valence-electron chi connectivity index (χ4n) is 5.11. The Balaban J connectivity index is 1.76. The summed E-state index contributed by atoms with van der Waals surface area (Å²) in [5, 5.41) is 11.4. The van der Waals surface area contributed by atoms with Crippen molar-refractivity contribution in [3.05, 3.63) is 71.8 Å². The van der Waals surface area contributed by atoms with Crippen LogP contribution in [0.5, 0.6) is 0 Å². The molecule has 0 aromatic heterocycles. The highest BCUT2D eigenvalue weighted by Crippen LogP contribution is 2.64. The second kappa shape index (κ2) is 8.81. The minimum Gasteiger partial charge on any atom is -0.466 e. The molecule has 6 heteroatoms. The average Bonchev–Trinajstić information content (AvgIpc) is 3.11. The maximum atomic E-state index is 13.7. The summed E-state index contributed by atoms with van der Waals surface area (Å²) in [6.07, 6.45) is -1.23. The summed E-state index contributed by atoms with van der Waals surface area (Å²) < 4.78 is 11.4. The highest BCUT2D eigenvalue weighted by molar-refractivity contribution is 5.93. The van der Waals surface area contributed by atoms with Gasteiger partial charge >= 0.3 is 5.97 Å². The third-order valence-electron chi connectivity index (χ3n) is 6.46. The van der Waals surface area contributed by atoms with E-state index in [1.54, 1.807) is 11.8 Å². The van der Waals surface area contributed by atoms with Gasteiger partial charge in [0.15, 0.2) is 0 Å². The van der Waals surface area contributed by atoms with Gasteiger partial charge in [-0.25, -0.2) is 0 Å². The summed E-state index contributed by atoms with van der Waals surface area (Å²) in [6.45, 7) is 4.26. The molecule has 2 aromatic rings. The van der Waals surface area contributed by atoms with Crippen molar-refractivity contribution in [2.75, 3.05) is 13.2 Å². The van der Waals surface area contributed by atoms with E-state index in [0.717, 1.165) is 11.1 Å². The Morgan fingerprint density at radius 3 is 2.26 bits per heavy atom. The molecule has 2 saturated heterocycles. The number of rotatable bonds is 7. The van der Waals surface area contributed by atoms with Crippen LogP contribution in [0.15, 0.2) is 60.7 Å². The van der Waals surface area contributed by atoms with E-state index >= 15 is 0 Å². The molecule has 31 heavy (non-hydrogen) atoms. The Bertz CT molecular complexity index is 918. The van der Waals surface area contributed by atoms with Crippen molar-refractivity contribution in [2.24, 2.45) is 5.41 Å². The smallest absolute Gasteiger partial charge is 0.307 e. The molecule has 164 valence electrons. The quantitative estimate of drug-likeness (QED) is 0.546. The van der Waals surface area contributed by atoms with Crippen LogP contribution in [0.3, 0.4) is 0 Å². The minimum atomic E-state index is -1.13. The third-order valence-corrected chi connectivity index (χ3v) is 6.46. The highest BCUT2D eigenvalue weighted by atomic mass is 16.5. The molecule has 2 aliphatic rings. The number of esters is 1. The maximum Gasteiger partial charge on any atom is 0.307 e. The fraction of sp³-hybridized carbons (Fsp3) is 0.440. The predicted octanol–water partition coefficient (Wildman–Crippen LogP) is 3.42. The Kier molecular flexibility index (Phi) is 6.12. The Labute approximate surface area is 182 Å². The van der Waals surface area contributed by atoms with Gasteiger partial charge in [0, 0.05) is 6.54 Å². The summed E-state index contributed by atoms with van der Waals surface area (Å²) in [4.78, 5) is 27.4. The molecule has 1 spiro atoms. The molecule has 0 bridgehead atoms. The van der Waals surface area contributed by atoms with Gasteiger partial charge in [-0.15, -0.1) is 0 Å². The Morgan fingerprint density at radius 2 is 1.68 bits per heavy atom. The van der Waals surface area contributed by atoms with Crippen LogP contribution >= 0.6 is 0 Å². The molecule has 0 aliphatic carbocycles. The largest absolute Gasteiger partial charge is 0.466 e. The molecule has 4 rings (SSSR count). The van der Waals surface area contributed by atoms with Gasteiger partial charge in [-0.1, -0.05) is 67.6 Å². The Morgan fingerprint density at radius 1 is 1.06 bits per heavy atom. The van der Waals surface area contributed by atoms with Crippen molar-refractivity contribution in [3.8, 4) is 0 Å². The normalized spacial score (nSPS) is 29.8. The topological polar surface area (TPSA) is 76.1 Å². The molecular formula is C25H29NO5. The van der Waals surface area contributed by atoms with E-state index in [4.69, 9.17) is 9.47 Å². The van der Waals surface area contributed by atoms with Crippen molar-refractivity contribution < 1.29 is 24.2 Å². The van der Waals surface area contributed by atoms with Gasteiger partial charge in [-0.2, -0.15) is 0 Å². The lowest BCUT2D eigenvalue weighted by Crippen LogP contribution is -2.69. The number of ether oxygens (including phenoxy) is 2. The van der Waals surface area contributed by atoms with Crippen molar-refractivity contribution in [1.29, 1.82) is 0 Å². The van der Waals surface area contributed by atoms with Gasteiger partial charge in [0.05, 0.1) is 31.3 Å². The number of aliphatic hydroxyl groups is 1. The first-order valence-corrected chi connectivity index (χ1v) is 11.0. The molecule has 6 nitrogen and oxygen atoms in total. The molecule has 2 fully saturated rings. The van der Waals surface area contributed by atoms with Crippen LogP contribution in [0.25, 0.3) is 0 Å². The fourth-order valence-corrected chi connectivity index (χ4v) is 5.11. The molecule has 0 saturated carbocycles. The predicted molar refractivity (Wildman–Crippen MR) is 115 cm³/mol. The molecular weight excluding hydrogens is 394 g/mol. The maximum absolute atomic E-state index is 13.7. The molecule has 2 aliphatic heterocycles. The van der Waals surface area contributed by atoms with Gasteiger partial charge in [-0.05, 0) is 24.5 Å². The number of carbonyl (C=O) groups is 2. The zero-order valence-electron chi connectivity index (χ0n) is 17.9. The summed E-state index contributed by atoms with van der Waals surface area (Å²) in [6, 6.07) is 18.9. The summed E-state index contributed by atoms with van der Waals surface area (Å²) in [5.74, 6) is -0.514. The van der Waals surface area contributed by atoms with Gasteiger partial charge in [0.25, 0.3) is 0 Å². The number of benzene rings is 2. The SMILES string of the molecule is CCOC(=O)CCN1C(=O)[C@]2([C@H](c3ccccc3)O[C@@H](CC)[C@@H]2O)[C@H]1c1ccccc1. The van der Waals surface area contributed by atoms with Gasteiger partial charge in [0.2, 0.25) is 5.91 Å². The molecule has 1 amide bonds. The number of hydrogen-bond donors (Lipinski definition) is 1. The van der Waals surface area contributed by atoms with Crippen LogP contribution in [0.1, 0.15) is 50.0 Å². The zero-order valence-corrected chi connectivity index (χ0v) is 17.9. The van der Waals surface area contributed by atoms with E-state index in [-0.39, 0.29) is 24.8 Å². The first-order valence-electron chi connectivity index (χ1n) is 11.0. The average molecular weight is 424 g/mol. The van der Waals surface area contributed by atoms with E-state index in [9.17, 15) is 14.7 Å². The Hall–Kier alpha value is -2.70. The summed E-state index contributed by atoms with van der Waals surface area (Å²) in [7, 11) is 0. The molecule has 5 atom stereocenters. The van der Waals surface area contributed by atoms with Gasteiger partial charge in [0.1, 0.15) is 11.5 Å². The lowest BCUT2D eigenvalue weighted by molar-refractivity contribution is -0.193. The van der Waals surface area contributed by atoms with Gasteiger partial charge < -0.3 is 19.5 Å². The summed E-state index contributed by atoms with van der Waals surface area (Å²) in [5.41, 5.74) is 0.668. The van der Waals surface area contributed by atoms with Crippen molar-refractivity contribution in [3.63, 3.8) is 0 Å². The van der Waals surface area contributed by atoms with E-state index in [1.165, 1.54) is 0 Å². The number of carbonyl (C=O) groups excluding carboxylic acids is 2. The molecule has 1 N–H and O–H groups in total. The van der Waals surface area contributed by atoms with Crippen molar-refractivity contribution in [1.82, 2.24) is 4.90 Å². The number of β-lactam (4-membered cyclic amide) rings is 1. The summed E-state index contributed by atoms with van der Waals surface area (Å²) >= 11 is 0. The number of hydrogen-bond acceptors (Lipinski definition) is 5. The van der Waals surface area contributed by atoms with Crippen molar-refractivity contribution >= 4 is 11.9 Å². The second-order valence-corrected chi connectivity index (χ2v) is 8.12. The zero-order chi connectivity index (χ0) is 22.0. The first kappa shape index (κ1) is 21.5. The van der Waals surface area contributed by atoms with Crippen LogP contribution in [0, 0.1) is 5.41 Å². The number of amides is 1. The molecule has 0 unspecified atom stereocenters. The number of aliphatic hydroxyl groups excluding tert-OH is 1. The van der Waals surface area contributed by atoms with E-state index < -0.39 is 29.8 Å². The standard InChI is InChI=1S/C25H29NO5/c1-3-19-22(28)25(23(31-19)18-13-9-6-10-14-18)21(17-11-7-5-8-12-17)26(24(25)29)16-15-20(27)30-4-2/h5-14,19,21-23,28H,3-4,15-16H2,1-2H3/t19-,21+,22-,23-,25+/m0/s1. The number of likely N-dealkylation sites (tertiary alicyclic amines) is 1. The molecule has 0 radical (unpaired) electrons. The molecule has 2 heterocycles. The number of nitrogens with zero attached hydrogens (tertiary/aromatic N) is 1. The molecule has 2 aromatic carbocycles. The van der Waals surface area contributed by atoms with Crippen LogP contribution in [-0.4, -0.2) is 47.2 Å². The monoisotopic (exact) mass is 423 g/mol.